The van der Waals surface area contributed by atoms with Crippen LogP contribution in [0.2, 0.25) is 0 Å². The summed E-state index contributed by atoms with van der Waals surface area (Å²) in [5.41, 5.74) is 8.69. The van der Waals surface area contributed by atoms with E-state index < -0.39 is 0 Å². The molecule has 0 radical (unpaired) electrons. The van der Waals surface area contributed by atoms with E-state index in [9.17, 15) is 0 Å². The second kappa shape index (κ2) is 9.65. The quantitative estimate of drug-likeness (QED) is 0.213. The zero-order valence-corrected chi connectivity index (χ0v) is 23.9. The average molecular weight is 566 g/mol. The van der Waals surface area contributed by atoms with Gasteiger partial charge in [-0.3, -0.25) is 9.98 Å². The summed E-state index contributed by atoms with van der Waals surface area (Å²) in [5.74, 6) is 0.770. The van der Waals surface area contributed by atoms with Crippen LogP contribution >= 0.6 is 0 Å². The van der Waals surface area contributed by atoms with Crippen LogP contribution in [0.1, 0.15) is 23.1 Å². The fourth-order valence-electron chi connectivity index (χ4n) is 6.86. The van der Waals surface area contributed by atoms with E-state index in [-0.39, 0.29) is 0 Å². The Morgan fingerprint density at radius 1 is 0.750 bits per heavy atom. The minimum absolute atomic E-state index is 0.395. The summed E-state index contributed by atoms with van der Waals surface area (Å²) in [6.45, 7) is 0. The fraction of sp³-hybridized carbons (Fsp3) is 0.0500. The molecule has 0 saturated carbocycles. The second-order valence-electron chi connectivity index (χ2n) is 11.5. The predicted octanol–water partition coefficient (Wildman–Crippen LogP) is 10.3. The number of allylic oxidation sites excluding steroid dienone is 5. The molecule has 0 amide bonds. The van der Waals surface area contributed by atoms with Crippen molar-refractivity contribution in [3.63, 3.8) is 0 Å². The van der Waals surface area contributed by atoms with Gasteiger partial charge in [0.2, 0.25) is 0 Å². The van der Waals surface area contributed by atoms with Gasteiger partial charge in [0.15, 0.2) is 0 Å². The molecule has 208 valence electrons. The maximum Gasteiger partial charge on any atom is 0.138 e. The number of furan rings is 1. The van der Waals surface area contributed by atoms with Crippen molar-refractivity contribution in [1.82, 2.24) is 4.57 Å². The number of para-hydroxylation sites is 2. The zero-order chi connectivity index (χ0) is 29.2. The van der Waals surface area contributed by atoms with Gasteiger partial charge in [-0.1, -0.05) is 91.0 Å². The SMILES string of the molecule is N=C1C=CC=C/C1=N/C(=C/c1ccc2c(c1)CCC=C2)n1c2ccccc2c2ccc3c(ccc4oc5ccccc5c43)c21. The molecule has 4 heteroatoms. The van der Waals surface area contributed by atoms with Gasteiger partial charge >= 0.3 is 0 Å². The first-order valence-corrected chi connectivity index (χ1v) is 15.0. The minimum Gasteiger partial charge on any atom is -0.456 e. The Bertz CT molecular complexity index is 2510. The highest BCUT2D eigenvalue weighted by molar-refractivity contribution is 6.50. The van der Waals surface area contributed by atoms with Gasteiger partial charge in [-0.15, -0.1) is 0 Å². The number of hydrogen-bond donors (Lipinski definition) is 1. The lowest BCUT2D eigenvalue weighted by Gasteiger charge is -2.14. The molecule has 2 aliphatic carbocycles. The first-order valence-electron chi connectivity index (χ1n) is 15.0. The van der Waals surface area contributed by atoms with Gasteiger partial charge in [0.05, 0.1) is 22.5 Å². The molecule has 0 atom stereocenters. The molecule has 0 fully saturated rings. The van der Waals surface area contributed by atoms with Gasteiger partial charge in [-0.05, 0) is 77.4 Å². The lowest BCUT2D eigenvalue weighted by atomic mass is 9.95. The van der Waals surface area contributed by atoms with Crippen LogP contribution in [0, 0.1) is 5.41 Å². The largest absolute Gasteiger partial charge is 0.456 e. The number of aromatic nitrogens is 1. The standard InChI is InChI=1S/C40H27N3O/c41-33-13-5-6-14-34(33)42-38(24-25-17-18-26-9-1-2-10-27(26)23-25)43-35-15-7-3-11-28(35)30-20-19-29-31(40(30)43)21-22-37-39(29)32-12-4-8-16-36(32)44-37/h1,3-9,11-24,41H,2,10H2/b38-24-,41-33?,42-34-. The van der Waals surface area contributed by atoms with E-state index in [1.54, 1.807) is 6.08 Å². The summed E-state index contributed by atoms with van der Waals surface area (Å²) in [6, 6.07) is 32.2. The van der Waals surface area contributed by atoms with Gasteiger partial charge < -0.3 is 4.42 Å². The van der Waals surface area contributed by atoms with Crippen LogP contribution in [0.15, 0.2) is 131 Å². The molecule has 0 unspecified atom stereocenters. The van der Waals surface area contributed by atoms with E-state index in [0.29, 0.717) is 11.4 Å². The van der Waals surface area contributed by atoms with Crippen LogP contribution in [0.3, 0.4) is 0 Å². The molecule has 2 aliphatic rings. The van der Waals surface area contributed by atoms with E-state index in [1.165, 1.54) is 11.1 Å². The Morgan fingerprint density at radius 3 is 2.48 bits per heavy atom. The number of benzene rings is 5. The number of nitrogens with zero attached hydrogens (tertiary/aromatic N) is 2. The summed E-state index contributed by atoms with van der Waals surface area (Å²) in [7, 11) is 0. The summed E-state index contributed by atoms with van der Waals surface area (Å²) in [4.78, 5) is 5.22. The highest BCUT2D eigenvalue weighted by Gasteiger charge is 2.20. The minimum atomic E-state index is 0.395. The van der Waals surface area contributed by atoms with Crippen molar-refractivity contribution in [3.05, 3.63) is 138 Å². The molecule has 44 heavy (non-hydrogen) atoms. The molecule has 0 saturated heterocycles. The van der Waals surface area contributed by atoms with Crippen LogP contribution in [0.5, 0.6) is 0 Å². The van der Waals surface area contributed by atoms with E-state index in [4.69, 9.17) is 14.8 Å². The van der Waals surface area contributed by atoms with Gasteiger partial charge in [0.1, 0.15) is 17.0 Å². The Morgan fingerprint density at radius 2 is 1.55 bits per heavy atom. The maximum atomic E-state index is 8.65. The van der Waals surface area contributed by atoms with Crippen LogP contribution in [-0.2, 0) is 6.42 Å². The van der Waals surface area contributed by atoms with Crippen molar-refractivity contribution in [3.8, 4) is 0 Å². The Kier molecular flexibility index (Phi) is 5.44. The van der Waals surface area contributed by atoms with Gasteiger partial charge in [0.25, 0.3) is 0 Å². The molecular formula is C40H27N3O. The highest BCUT2D eigenvalue weighted by atomic mass is 16.3. The van der Waals surface area contributed by atoms with E-state index in [1.807, 2.05) is 30.4 Å². The summed E-state index contributed by atoms with van der Waals surface area (Å²) < 4.78 is 8.55. The third kappa shape index (κ3) is 3.78. The average Bonchev–Trinajstić information content (AvgIpc) is 3.61. The van der Waals surface area contributed by atoms with Crippen molar-refractivity contribution in [2.45, 2.75) is 12.8 Å². The number of fused-ring (bicyclic) bond motifs is 10. The maximum absolute atomic E-state index is 8.65. The van der Waals surface area contributed by atoms with E-state index in [0.717, 1.165) is 78.7 Å². The first kappa shape index (κ1) is 24.8. The molecule has 7 aromatic rings. The molecule has 4 nitrogen and oxygen atoms in total. The fourth-order valence-corrected chi connectivity index (χ4v) is 6.86. The van der Waals surface area contributed by atoms with Crippen LogP contribution in [0.4, 0.5) is 0 Å². The normalized spacial score (nSPS) is 16.0. The van der Waals surface area contributed by atoms with Gasteiger partial charge in [-0.2, -0.15) is 0 Å². The molecule has 9 rings (SSSR count). The van der Waals surface area contributed by atoms with Crippen molar-refractivity contribution < 1.29 is 4.42 Å². The topological polar surface area (TPSA) is 54.3 Å². The molecule has 2 heterocycles. The van der Waals surface area contributed by atoms with Crippen molar-refractivity contribution in [2.24, 2.45) is 4.99 Å². The smallest absolute Gasteiger partial charge is 0.138 e. The molecule has 1 N–H and O–H groups in total. The third-order valence-corrected chi connectivity index (χ3v) is 8.88. The number of aliphatic imine (C=N–C) groups is 1. The van der Waals surface area contributed by atoms with Crippen molar-refractivity contribution in [2.75, 3.05) is 0 Å². The number of hydrogen-bond acceptors (Lipinski definition) is 3. The molecule has 2 aromatic heterocycles. The molecular weight excluding hydrogens is 538 g/mol. The summed E-state index contributed by atoms with van der Waals surface area (Å²) >= 11 is 0. The van der Waals surface area contributed by atoms with Crippen LogP contribution in [-0.4, -0.2) is 16.0 Å². The number of nitrogens with one attached hydrogen (secondary N) is 1. The zero-order valence-electron chi connectivity index (χ0n) is 23.9. The van der Waals surface area contributed by atoms with Crippen LogP contribution < -0.4 is 0 Å². The molecule has 5 aromatic carbocycles. The van der Waals surface area contributed by atoms with E-state index >= 15 is 0 Å². The Balaban J connectivity index is 1.40. The Hall–Kier alpha value is -5.74. The van der Waals surface area contributed by atoms with Crippen molar-refractivity contribution in [1.29, 1.82) is 5.41 Å². The highest BCUT2D eigenvalue weighted by Crippen LogP contribution is 2.41. The first-order chi connectivity index (χ1) is 21.7. The molecule has 0 bridgehead atoms. The van der Waals surface area contributed by atoms with Gasteiger partial charge in [0, 0.05) is 26.9 Å². The van der Waals surface area contributed by atoms with Gasteiger partial charge in [-0.25, -0.2) is 4.99 Å². The van der Waals surface area contributed by atoms with Crippen molar-refractivity contribution >= 4 is 83.9 Å². The summed E-state index contributed by atoms with van der Waals surface area (Å²) in [5, 5.41) is 15.5. The predicted molar refractivity (Wildman–Crippen MR) is 186 cm³/mol. The molecule has 0 aliphatic heterocycles. The number of aryl methyl sites for hydroxylation is 1. The Labute approximate surface area is 253 Å². The number of rotatable bonds is 3. The summed E-state index contributed by atoms with van der Waals surface area (Å²) in [6.07, 6.45) is 16.3. The third-order valence-electron chi connectivity index (χ3n) is 8.88. The van der Waals surface area contributed by atoms with Crippen LogP contribution in [0.25, 0.3) is 72.5 Å². The lowest BCUT2D eigenvalue weighted by Crippen LogP contribution is -2.11. The monoisotopic (exact) mass is 565 g/mol. The lowest BCUT2D eigenvalue weighted by molar-refractivity contribution is 0.669. The molecule has 0 spiro atoms. The second-order valence-corrected chi connectivity index (χ2v) is 11.5. The van der Waals surface area contributed by atoms with E-state index in [2.05, 4.69) is 102 Å².